The largest absolute Gasteiger partial charge is 0.480 e. The number of esters is 1. The van der Waals surface area contributed by atoms with Crippen molar-refractivity contribution < 1.29 is 19.4 Å². The molecule has 96 valence electrons. The summed E-state index contributed by atoms with van der Waals surface area (Å²) in [5.41, 5.74) is 1.17. The fraction of sp³-hybridized carbons (Fsp3) is 0.333. The molecule has 0 fully saturated rings. The molecule has 0 radical (unpaired) electrons. The molecule has 0 bridgehead atoms. The van der Waals surface area contributed by atoms with Gasteiger partial charge in [-0.15, -0.1) is 0 Å². The van der Waals surface area contributed by atoms with Gasteiger partial charge in [-0.1, -0.05) is 17.7 Å². The first-order chi connectivity index (χ1) is 8.54. The third kappa shape index (κ3) is 2.13. The number of benzene rings is 1. The lowest BCUT2D eigenvalue weighted by atomic mass is 9.87. The Morgan fingerprint density at radius 2 is 2.22 bits per heavy atom. The highest BCUT2D eigenvalue weighted by Crippen LogP contribution is 2.39. The van der Waals surface area contributed by atoms with E-state index in [4.69, 9.17) is 21.4 Å². The van der Waals surface area contributed by atoms with Crippen LogP contribution in [0.5, 0.6) is 0 Å². The summed E-state index contributed by atoms with van der Waals surface area (Å²) in [5.74, 6) is -2.13. The number of carboxylic acid groups (broad SMARTS) is 1. The molecule has 0 spiro atoms. The van der Waals surface area contributed by atoms with Crippen LogP contribution in [0.4, 0.5) is 5.69 Å². The summed E-state index contributed by atoms with van der Waals surface area (Å²) in [6, 6.07) is 4.25. The fourth-order valence-electron chi connectivity index (χ4n) is 2.14. The average molecular weight is 270 g/mol. The Hall–Kier alpha value is -1.75. The van der Waals surface area contributed by atoms with E-state index in [1.807, 2.05) is 0 Å². The molecule has 18 heavy (non-hydrogen) atoms. The van der Waals surface area contributed by atoms with Crippen molar-refractivity contribution in [2.24, 2.45) is 0 Å². The minimum Gasteiger partial charge on any atom is -0.480 e. The summed E-state index contributed by atoms with van der Waals surface area (Å²) in [7, 11) is 1.27. The van der Waals surface area contributed by atoms with E-state index in [0.717, 1.165) is 0 Å². The molecule has 2 unspecified atom stereocenters. The Morgan fingerprint density at radius 3 is 2.83 bits per heavy atom. The molecule has 1 heterocycles. The van der Waals surface area contributed by atoms with Gasteiger partial charge in [0.15, 0.2) is 0 Å². The lowest BCUT2D eigenvalue weighted by Crippen LogP contribution is -2.37. The summed E-state index contributed by atoms with van der Waals surface area (Å²) in [6.07, 6.45) is 0.124. The van der Waals surface area contributed by atoms with Gasteiger partial charge in [0.1, 0.15) is 6.04 Å². The molecule has 1 aliphatic rings. The Labute approximate surface area is 109 Å². The molecule has 0 aromatic heterocycles. The van der Waals surface area contributed by atoms with Crippen LogP contribution in [0.3, 0.4) is 0 Å². The maximum atomic E-state index is 11.7. The van der Waals surface area contributed by atoms with E-state index in [-0.39, 0.29) is 6.42 Å². The van der Waals surface area contributed by atoms with Crippen LogP contribution >= 0.6 is 11.6 Å². The molecule has 1 aliphatic heterocycles. The number of nitrogens with one attached hydrogen (secondary N) is 1. The summed E-state index contributed by atoms with van der Waals surface area (Å²) in [5, 5.41) is 12.3. The number of methoxy groups -OCH3 is 1. The van der Waals surface area contributed by atoms with Crippen molar-refractivity contribution in [1.82, 2.24) is 0 Å². The second-order valence-electron chi connectivity index (χ2n) is 4.05. The summed E-state index contributed by atoms with van der Waals surface area (Å²) < 4.78 is 4.71. The van der Waals surface area contributed by atoms with E-state index >= 15 is 0 Å². The minimum absolute atomic E-state index is 0.124. The molecule has 0 saturated carbocycles. The Bertz CT molecular complexity index is 503. The normalized spacial score (nSPS) is 21.7. The number of carbonyl (C=O) groups is 2. The van der Waals surface area contributed by atoms with E-state index in [1.165, 1.54) is 7.11 Å². The van der Waals surface area contributed by atoms with Crippen molar-refractivity contribution in [2.45, 2.75) is 18.4 Å². The SMILES string of the molecule is COC(=O)C1CC(C(=O)O)Nc2cccc(Cl)c21. The number of fused-ring (bicyclic) bond motifs is 1. The van der Waals surface area contributed by atoms with E-state index in [2.05, 4.69) is 5.32 Å². The van der Waals surface area contributed by atoms with Gasteiger partial charge < -0.3 is 15.2 Å². The van der Waals surface area contributed by atoms with Gasteiger partial charge in [0.2, 0.25) is 0 Å². The zero-order valence-electron chi connectivity index (χ0n) is 9.64. The van der Waals surface area contributed by atoms with Gasteiger partial charge in [-0.2, -0.15) is 0 Å². The minimum atomic E-state index is -1.01. The van der Waals surface area contributed by atoms with Crippen LogP contribution < -0.4 is 5.32 Å². The molecule has 5 nitrogen and oxygen atoms in total. The van der Waals surface area contributed by atoms with Gasteiger partial charge in [-0.25, -0.2) is 4.79 Å². The first kappa shape index (κ1) is 12.7. The van der Waals surface area contributed by atoms with Crippen LogP contribution in [-0.4, -0.2) is 30.2 Å². The number of anilines is 1. The van der Waals surface area contributed by atoms with Crippen molar-refractivity contribution in [1.29, 1.82) is 0 Å². The highest BCUT2D eigenvalue weighted by molar-refractivity contribution is 6.32. The lowest BCUT2D eigenvalue weighted by molar-refractivity contribution is -0.143. The number of halogens is 1. The first-order valence-corrected chi connectivity index (χ1v) is 5.78. The van der Waals surface area contributed by atoms with Crippen molar-refractivity contribution in [3.63, 3.8) is 0 Å². The molecular formula is C12H12ClNO4. The molecule has 0 saturated heterocycles. The second kappa shape index (κ2) is 4.86. The number of aliphatic carboxylic acids is 1. The third-order valence-electron chi connectivity index (χ3n) is 2.99. The summed E-state index contributed by atoms with van der Waals surface area (Å²) in [4.78, 5) is 22.8. The number of rotatable bonds is 2. The predicted octanol–water partition coefficient (Wildman–Crippen LogP) is 1.87. The number of carbonyl (C=O) groups excluding carboxylic acids is 1. The topological polar surface area (TPSA) is 75.6 Å². The molecule has 0 aliphatic carbocycles. The molecule has 6 heteroatoms. The first-order valence-electron chi connectivity index (χ1n) is 5.40. The van der Waals surface area contributed by atoms with E-state index < -0.39 is 23.9 Å². The zero-order valence-corrected chi connectivity index (χ0v) is 10.4. The van der Waals surface area contributed by atoms with Gasteiger partial charge in [-0.3, -0.25) is 4.79 Å². The molecule has 2 N–H and O–H groups in total. The van der Waals surface area contributed by atoms with Crippen molar-refractivity contribution >= 4 is 29.2 Å². The van der Waals surface area contributed by atoms with Crippen LogP contribution in [0.2, 0.25) is 5.02 Å². The van der Waals surface area contributed by atoms with Gasteiger partial charge in [-0.05, 0) is 18.6 Å². The zero-order chi connectivity index (χ0) is 13.3. The monoisotopic (exact) mass is 269 g/mol. The number of ether oxygens (including phenoxy) is 1. The van der Waals surface area contributed by atoms with E-state index in [9.17, 15) is 9.59 Å². The molecular weight excluding hydrogens is 258 g/mol. The third-order valence-corrected chi connectivity index (χ3v) is 3.32. The molecule has 1 aromatic carbocycles. The van der Waals surface area contributed by atoms with E-state index in [1.54, 1.807) is 18.2 Å². The summed E-state index contributed by atoms with van der Waals surface area (Å²) in [6.45, 7) is 0. The summed E-state index contributed by atoms with van der Waals surface area (Å²) >= 11 is 6.07. The quantitative estimate of drug-likeness (QED) is 0.802. The number of carboxylic acids is 1. The van der Waals surface area contributed by atoms with Crippen molar-refractivity contribution in [2.75, 3.05) is 12.4 Å². The fourth-order valence-corrected chi connectivity index (χ4v) is 2.44. The highest BCUT2D eigenvalue weighted by Gasteiger charge is 2.36. The number of hydrogen-bond donors (Lipinski definition) is 2. The Kier molecular flexibility index (Phi) is 3.43. The number of hydrogen-bond acceptors (Lipinski definition) is 4. The van der Waals surface area contributed by atoms with Crippen LogP contribution in [0.15, 0.2) is 18.2 Å². The van der Waals surface area contributed by atoms with Gasteiger partial charge in [0, 0.05) is 16.3 Å². The van der Waals surface area contributed by atoms with E-state index in [0.29, 0.717) is 16.3 Å². The molecule has 0 amide bonds. The molecule has 2 atom stereocenters. The van der Waals surface area contributed by atoms with Crippen LogP contribution in [0.25, 0.3) is 0 Å². The van der Waals surface area contributed by atoms with Crippen molar-refractivity contribution in [3.05, 3.63) is 28.8 Å². The standard InChI is InChI=1S/C12H12ClNO4/c1-18-12(17)6-5-9(11(15)16)14-8-4-2-3-7(13)10(6)8/h2-4,6,9,14H,5H2,1H3,(H,15,16). The Morgan fingerprint density at radius 1 is 1.50 bits per heavy atom. The second-order valence-corrected chi connectivity index (χ2v) is 4.45. The average Bonchev–Trinajstić information content (AvgIpc) is 2.36. The maximum absolute atomic E-state index is 11.7. The van der Waals surface area contributed by atoms with Gasteiger partial charge >= 0.3 is 11.9 Å². The maximum Gasteiger partial charge on any atom is 0.326 e. The molecule has 1 aromatic rings. The van der Waals surface area contributed by atoms with Crippen LogP contribution in [0, 0.1) is 0 Å². The van der Waals surface area contributed by atoms with Crippen molar-refractivity contribution in [3.8, 4) is 0 Å². The lowest BCUT2D eigenvalue weighted by Gasteiger charge is -2.30. The molecule has 2 rings (SSSR count). The van der Waals surface area contributed by atoms with Crippen LogP contribution in [-0.2, 0) is 14.3 Å². The Balaban J connectivity index is 2.47. The smallest absolute Gasteiger partial charge is 0.326 e. The van der Waals surface area contributed by atoms with Gasteiger partial charge in [0.05, 0.1) is 13.0 Å². The predicted molar refractivity (Wildman–Crippen MR) is 65.9 cm³/mol. The van der Waals surface area contributed by atoms with Crippen LogP contribution in [0.1, 0.15) is 17.9 Å². The van der Waals surface area contributed by atoms with Gasteiger partial charge in [0.25, 0.3) is 0 Å². The highest BCUT2D eigenvalue weighted by atomic mass is 35.5.